The summed E-state index contributed by atoms with van der Waals surface area (Å²) in [5.74, 6) is 0.927. The summed E-state index contributed by atoms with van der Waals surface area (Å²) in [6.45, 7) is 27.9. The van der Waals surface area contributed by atoms with E-state index in [0.29, 0.717) is 36.9 Å². The second kappa shape index (κ2) is 39.1. The summed E-state index contributed by atoms with van der Waals surface area (Å²) in [6, 6.07) is 1.16. The summed E-state index contributed by atoms with van der Waals surface area (Å²) in [7, 11) is 0. The van der Waals surface area contributed by atoms with E-state index in [-0.39, 0.29) is 5.91 Å². The second-order valence-corrected chi connectivity index (χ2v) is 11.0. The minimum absolute atomic E-state index is 0.280. The van der Waals surface area contributed by atoms with Gasteiger partial charge in [0.25, 0.3) is 0 Å². The van der Waals surface area contributed by atoms with Gasteiger partial charge in [-0.05, 0) is 44.2 Å². The molecule has 1 rings (SSSR count). The van der Waals surface area contributed by atoms with E-state index in [9.17, 15) is 4.79 Å². The fourth-order valence-electron chi connectivity index (χ4n) is 3.93. The number of hydrogen-bond donors (Lipinski definition) is 5. The monoisotopic (exact) mass is 600 g/mol. The fraction of sp³-hybridized carbons (Fsp3) is 0.824. The average Bonchev–Trinajstić information content (AvgIpc) is 3.50. The van der Waals surface area contributed by atoms with Crippen LogP contribution in [-0.4, -0.2) is 51.2 Å². The van der Waals surface area contributed by atoms with Gasteiger partial charge in [-0.1, -0.05) is 112 Å². The van der Waals surface area contributed by atoms with Crippen molar-refractivity contribution in [3.8, 4) is 0 Å². The van der Waals surface area contributed by atoms with Crippen LogP contribution in [0.2, 0.25) is 0 Å². The molecule has 3 atom stereocenters. The first-order valence-electron chi connectivity index (χ1n) is 16.6. The zero-order valence-corrected chi connectivity index (χ0v) is 28.9. The number of nitrogens with two attached hydrogens (primary N) is 2. The van der Waals surface area contributed by atoms with E-state index >= 15 is 0 Å². The Balaban J connectivity index is -0.000000283. The summed E-state index contributed by atoms with van der Waals surface area (Å²) in [4.78, 5) is 18.4. The lowest BCUT2D eigenvalue weighted by Crippen LogP contribution is -2.32. The Bertz CT molecular complexity index is 569. The van der Waals surface area contributed by atoms with Crippen LogP contribution >= 0.6 is 0 Å². The molecule has 0 radical (unpaired) electrons. The minimum Gasteiger partial charge on any atom is -0.405 e. The van der Waals surface area contributed by atoms with Crippen LogP contribution in [0.15, 0.2) is 25.1 Å². The van der Waals surface area contributed by atoms with Crippen molar-refractivity contribution in [1.29, 1.82) is 0 Å². The second-order valence-electron chi connectivity index (χ2n) is 11.0. The molecule has 2 unspecified atom stereocenters. The molecule has 0 aliphatic carbocycles. The molecular formula is C34H73N5O3. The maximum absolute atomic E-state index is 10.4. The van der Waals surface area contributed by atoms with Crippen LogP contribution < -0.4 is 27.4 Å². The van der Waals surface area contributed by atoms with E-state index in [1.54, 1.807) is 0 Å². The molecule has 8 heteroatoms. The SMILES string of the molecule is C=C(NC(C)C(C)C)[C@H](C)CCC1CNCN1.C=CN.C=O.CC.CCCCCCCCCCCCOCCC(N)=O. The number of allylic oxidation sites excluding steroid dienone is 1. The smallest absolute Gasteiger partial charge is 0.219 e. The first-order valence-corrected chi connectivity index (χ1v) is 16.6. The van der Waals surface area contributed by atoms with E-state index < -0.39 is 0 Å². The predicted molar refractivity (Wildman–Crippen MR) is 184 cm³/mol. The molecule has 0 aromatic rings. The molecule has 0 spiro atoms. The standard InChI is InChI=1S/C15H31NO2.C14H29N3.C2H5N.C2H6.CH2O/c1-2-3-4-5-6-7-8-9-10-11-13-18-14-12-15(16)17;1-10(2)12(4)17-13(5)11(3)6-7-14-8-15-9-16-14;1-2-3;2*1-2/h2-14H2,1H3,(H2,16,17);10-12,14-17H,5-9H2,1-4H3;2H,1,3H2;1-2H3;1H2/t;11-,12?,14?;;;/m.1.../s1. The van der Waals surface area contributed by atoms with Crippen molar-refractivity contribution in [2.24, 2.45) is 23.3 Å². The van der Waals surface area contributed by atoms with Gasteiger partial charge >= 0.3 is 0 Å². The van der Waals surface area contributed by atoms with Crippen molar-refractivity contribution >= 4 is 12.7 Å². The highest BCUT2D eigenvalue weighted by Crippen LogP contribution is 2.16. The van der Waals surface area contributed by atoms with E-state index in [2.05, 4.69) is 69.5 Å². The van der Waals surface area contributed by atoms with Gasteiger partial charge in [-0.25, -0.2) is 0 Å². The molecule has 1 aliphatic heterocycles. The Hall–Kier alpha value is -1.90. The lowest BCUT2D eigenvalue weighted by molar-refractivity contribution is -0.119. The zero-order valence-electron chi connectivity index (χ0n) is 28.9. The number of hydrogen-bond acceptors (Lipinski definition) is 7. The van der Waals surface area contributed by atoms with Crippen LogP contribution in [-0.2, 0) is 14.3 Å². The number of amides is 1. The molecule has 1 amide bonds. The van der Waals surface area contributed by atoms with Crippen LogP contribution in [0.25, 0.3) is 0 Å². The fourth-order valence-corrected chi connectivity index (χ4v) is 3.93. The minimum atomic E-state index is -0.280. The molecule has 0 aromatic carbocycles. The number of rotatable bonds is 21. The Labute approximate surface area is 261 Å². The van der Waals surface area contributed by atoms with Gasteiger partial charge in [-0.15, -0.1) is 0 Å². The number of carbonyl (C=O) groups excluding carboxylic acids is 2. The van der Waals surface area contributed by atoms with Crippen LogP contribution in [0.5, 0.6) is 0 Å². The lowest BCUT2D eigenvalue weighted by atomic mass is 9.97. The van der Waals surface area contributed by atoms with E-state index in [1.165, 1.54) is 82.5 Å². The quantitative estimate of drug-likeness (QED) is 0.0917. The third kappa shape index (κ3) is 38.1. The molecule has 1 heterocycles. The van der Waals surface area contributed by atoms with Gasteiger partial charge in [-0.3, -0.25) is 4.79 Å². The molecule has 252 valence electrons. The highest BCUT2D eigenvalue weighted by molar-refractivity contribution is 5.73. The van der Waals surface area contributed by atoms with Gasteiger partial charge in [0.15, 0.2) is 0 Å². The van der Waals surface area contributed by atoms with Crippen LogP contribution in [0, 0.1) is 11.8 Å². The Morgan fingerprint density at radius 3 is 1.90 bits per heavy atom. The molecule has 1 saturated heterocycles. The number of carbonyl (C=O) groups is 2. The summed E-state index contributed by atoms with van der Waals surface area (Å²) >= 11 is 0. The average molecular weight is 600 g/mol. The molecule has 0 bridgehead atoms. The van der Waals surface area contributed by atoms with Crippen molar-refractivity contribution in [2.75, 3.05) is 26.4 Å². The molecule has 8 nitrogen and oxygen atoms in total. The maximum Gasteiger partial charge on any atom is 0.219 e. The van der Waals surface area contributed by atoms with E-state index in [1.807, 2.05) is 20.6 Å². The Kier molecular flexibility index (Phi) is 43.8. The number of unbranched alkanes of at least 4 members (excludes halogenated alkanes) is 9. The van der Waals surface area contributed by atoms with Crippen molar-refractivity contribution in [1.82, 2.24) is 16.0 Å². The van der Waals surface area contributed by atoms with Crippen LogP contribution in [0.1, 0.15) is 132 Å². The van der Waals surface area contributed by atoms with Gasteiger partial charge in [0.05, 0.1) is 6.61 Å². The van der Waals surface area contributed by atoms with Gasteiger partial charge in [0.1, 0.15) is 6.79 Å². The van der Waals surface area contributed by atoms with Crippen molar-refractivity contribution in [3.63, 3.8) is 0 Å². The molecule has 42 heavy (non-hydrogen) atoms. The Morgan fingerprint density at radius 1 is 0.976 bits per heavy atom. The highest BCUT2D eigenvalue weighted by Gasteiger charge is 2.16. The zero-order chi connectivity index (χ0) is 33.0. The first kappa shape index (κ1) is 47.0. The third-order valence-corrected chi connectivity index (χ3v) is 7.00. The predicted octanol–water partition coefficient (Wildman–Crippen LogP) is 6.80. The van der Waals surface area contributed by atoms with Crippen molar-refractivity contribution < 1.29 is 14.3 Å². The summed E-state index contributed by atoms with van der Waals surface area (Å²) in [5.41, 5.74) is 10.8. The summed E-state index contributed by atoms with van der Waals surface area (Å²) < 4.78 is 5.32. The first-order chi connectivity index (χ1) is 20.2. The molecule has 0 saturated carbocycles. The molecular weight excluding hydrogens is 526 g/mol. The highest BCUT2D eigenvalue weighted by atomic mass is 16.5. The number of primary amides is 1. The van der Waals surface area contributed by atoms with Crippen LogP contribution in [0.4, 0.5) is 0 Å². The third-order valence-electron chi connectivity index (χ3n) is 7.00. The van der Waals surface area contributed by atoms with Crippen LogP contribution in [0.3, 0.4) is 0 Å². The normalized spacial score (nSPS) is 14.7. The van der Waals surface area contributed by atoms with Gasteiger partial charge in [0, 0.05) is 44.0 Å². The molecule has 1 fully saturated rings. The van der Waals surface area contributed by atoms with E-state index in [4.69, 9.17) is 15.3 Å². The Morgan fingerprint density at radius 2 is 1.48 bits per heavy atom. The summed E-state index contributed by atoms with van der Waals surface area (Å²) in [6.07, 6.45) is 17.4. The maximum atomic E-state index is 10.4. The van der Waals surface area contributed by atoms with Crippen molar-refractivity contribution in [2.45, 2.75) is 144 Å². The largest absolute Gasteiger partial charge is 0.405 e. The topological polar surface area (TPSA) is 132 Å². The van der Waals surface area contributed by atoms with Crippen molar-refractivity contribution in [3.05, 3.63) is 25.1 Å². The molecule has 1 aliphatic rings. The summed E-state index contributed by atoms with van der Waals surface area (Å²) in [5, 5.41) is 10.3. The number of nitrogens with one attached hydrogen (secondary N) is 3. The van der Waals surface area contributed by atoms with Gasteiger partial charge in [-0.2, -0.15) is 0 Å². The van der Waals surface area contributed by atoms with Gasteiger partial charge in [0.2, 0.25) is 5.91 Å². The lowest BCUT2D eigenvalue weighted by Gasteiger charge is -2.24. The molecule has 0 aromatic heterocycles. The van der Waals surface area contributed by atoms with Gasteiger partial charge < -0.3 is 36.9 Å². The van der Waals surface area contributed by atoms with E-state index in [0.717, 1.165) is 26.2 Å². The number of ether oxygens (including phenoxy) is 1. The molecule has 7 N–H and O–H groups in total.